The largest absolute Gasteiger partial charge is 0.464 e. The molecule has 4 aromatic heterocycles. The molecule has 8 aromatic rings. The highest BCUT2D eigenvalue weighted by molar-refractivity contribution is 9.10. The SMILES string of the molecule is Brc1cnc2ccccc2c1.Cc1ccc2nc(C34CC(B5OC(C)(C)C(C)(C)O5)(C3)C4)oc2c1.Cc1ccc2nc(C34CC(c5cnc6ccccc6c5)(C3)C4)oc2c1. The Kier molecular flexibility index (Phi) is 8.28. The van der Waals surface area contributed by atoms with Gasteiger partial charge in [-0.15, -0.1) is 0 Å². The van der Waals surface area contributed by atoms with Crippen LogP contribution >= 0.6 is 15.9 Å². The molecule has 0 spiro atoms. The summed E-state index contributed by atoms with van der Waals surface area (Å²) in [7, 11) is -0.101. The van der Waals surface area contributed by atoms with Crippen LogP contribution in [0.4, 0.5) is 0 Å². The van der Waals surface area contributed by atoms with Gasteiger partial charge in [0.2, 0.25) is 11.8 Å². The maximum atomic E-state index is 6.29. The van der Waals surface area contributed by atoms with E-state index >= 15 is 0 Å². The van der Waals surface area contributed by atoms with Crippen molar-refractivity contribution in [2.24, 2.45) is 0 Å². The van der Waals surface area contributed by atoms with Crippen molar-refractivity contribution < 1.29 is 18.1 Å². The molecule has 6 aliphatic carbocycles. The van der Waals surface area contributed by atoms with Crippen molar-refractivity contribution in [2.45, 2.75) is 113 Å². The molecule has 0 atom stereocenters. The van der Waals surface area contributed by atoms with E-state index < -0.39 is 0 Å². The van der Waals surface area contributed by atoms with Crippen LogP contribution in [-0.2, 0) is 25.6 Å². The lowest BCUT2D eigenvalue weighted by molar-refractivity contribution is -0.0858. The number of pyridine rings is 2. The van der Waals surface area contributed by atoms with Gasteiger partial charge in [-0.25, -0.2) is 9.97 Å². The highest BCUT2D eigenvalue weighted by Crippen LogP contribution is 2.81. The summed E-state index contributed by atoms with van der Waals surface area (Å²) in [5, 5.41) is 2.56. The number of benzene rings is 4. The van der Waals surface area contributed by atoms with E-state index in [-0.39, 0.29) is 39.9 Å². The molecule has 10 heteroatoms. The first-order chi connectivity index (χ1) is 28.7. The van der Waals surface area contributed by atoms with Gasteiger partial charge in [-0.3, -0.25) is 9.97 Å². The van der Waals surface area contributed by atoms with Crippen LogP contribution in [0.2, 0.25) is 5.31 Å². The number of halogens is 1. The molecule has 60 heavy (non-hydrogen) atoms. The normalized spacial score (nSPS) is 27.6. The summed E-state index contributed by atoms with van der Waals surface area (Å²) < 4.78 is 25.8. The Bertz CT molecular complexity index is 2950. The second kappa shape index (κ2) is 13.1. The van der Waals surface area contributed by atoms with Gasteiger partial charge in [0.25, 0.3) is 0 Å². The molecule has 1 aliphatic heterocycles. The van der Waals surface area contributed by atoms with Crippen LogP contribution in [0.5, 0.6) is 0 Å². The van der Waals surface area contributed by atoms with Crippen molar-refractivity contribution in [1.82, 2.24) is 19.9 Å². The zero-order valence-corrected chi connectivity index (χ0v) is 36.6. The molecule has 7 fully saturated rings. The topological polar surface area (TPSA) is 96.3 Å². The predicted octanol–water partition coefficient (Wildman–Crippen LogP) is 12.5. The van der Waals surface area contributed by atoms with E-state index in [9.17, 15) is 0 Å². The van der Waals surface area contributed by atoms with Crippen molar-refractivity contribution in [3.05, 3.63) is 142 Å². The third-order valence-corrected chi connectivity index (χ3v) is 15.0. The Labute approximate surface area is 358 Å². The standard InChI is InChI=1S/C22H18N2O.C19H24BNO3.C9H6BrN/c1-14-6-7-18-19(8-14)25-20(24-18)22-11-21(12-22,13-22)16-9-15-4-2-3-5-17(15)23-10-16;1-12-6-7-13-14(8-12)22-15(21-13)18-9-19(10-18,11-18)20-23-16(2,3)17(4,5)24-20;10-8-5-7-3-1-2-4-9(7)11-6-8/h2-10H,11-13H2,1H3;6-8H,9-11H2,1-5H3;1-6H. The van der Waals surface area contributed by atoms with E-state index in [1.54, 1.807) is 0 Å². The minimum Gasteiger partial charge on any atom is -0.440 e. The second-order valence-corrected chi connectivity index (χ2v) is 20.5. The van der Waals surface area contributed by atoms with Crippen molar-refractivity contribution in [2.75, 3.05) is 0 Å². The van der Waals surface area contributed by atoms with Crippen molar-refractivity contribution in [3.63, 3.8) is 0 Å². The van der Waals surface area contributed by atoms with Crippen LogP contribution in [0.3, 0.4) is 0 Å². The number of nitrogens with zero attached hydrogens (tertiary/aromatic N) is 4. The molecule has 6 saturated carbocycles. The van der Waals surface area contributed by atoms with Gasteiger partial charge in [0.15, 0.2) is 11.2 Å². The molecule has 0 amide bonds. The Morgan fingerprint density at radius 3 is 1.57 bits per heavy atom. The summed E-state index contributed by atoms with van der Waals surface area (Å²) in [5.41, 5.74) is 9.70. The molecule has 4 bridgehead atoms. The lowest BCUT2D eigenvalue weighted by atomic mass is 9.24. The fourth-order valence-corrected chi connectivity index (χ4v) is 11.0. The fourth-order valence-electron chi connectivity index (χ4n) is 10.7. The maximum absolute atomic E-state index is 6.29. The molecular weight excluding hydrogens is 811 g/mol. The van der Waals surface area contributed by atoms with Crippen LogP contribution in [0.25, 0.3) is 44.0 Å². The number of hydrogen-bond acceptors (Lipinski definition) is 8. The predicted molar refractivity (Wildman–Crippen MR) is 240 cm³/mol. The third kappa shape index (κ3) is 5.92. The van der Waals surface area contributed by atoms with Crippen LogP contribution in [0.1, 0.15) is 94.7 Å². The zero-order valence-electron chi connectivity index (χ0n) is 35.0. The molecule has 5 heterocycles. The first kappa shape index (κ1) is 38.1. The number of fused-ring (bicyclic) bond motifs is 4. The van der Waals surface area contributed by atoms with Gasteiger partial charge in [0, 0.05) is 43.8 Å². The average Bonchev–Trinajstić information content (AvgIpc) is 3.82. The Morgan fingerprint density at radius 1 is 0.533 bits per heavy atom. The molecule has 1 saturated heterocycles. The van der Waals surface area contributed by atoms with Gasteiger partial charge in [-0.1, -0.05) is 48.5 Å². The lowest BCUT2D eigenvalue weighted by Crippen LogP contribution is -2.67. The van der Waals surface area contributed by atoms with Gasteiger partial charge < -0.3 is 18.1 Å². The molecule has 15 rings (SSSR count). The summed E-state index contributed by atoms with van der Waals surface area (Å²) in [6.45, 7) is 12.7. The van der Waals surface area contributed by atoms with Crippen molar-refractivity contribution >= 4 is 67.1 Å². The highest BCUT2D eigenvalue weighted by Gasteiger charge is 2.78. The van der Waals surface area contributed by atoms with E-state index in [1.165, 1.54) is 27.5 Å². The molecule has 0 N–H and O–H groups in total. The van der Waals surface area contributed by atoms with Gasteiger partial charge in [-0.05, 0) is 167 Å². The molecule has 0 unspecified atom stereocenters. The number of para-hydroxylation sites is 2. The van der Waals surface area contributed by atoms with Gasteiger partial charge in [0.1, 0.15) is 11.0 Å². The first-order valence-corrected chi connectivity index (χ1v) is 21.9. The van der Waals surface area contributed by atoms with Crippen LogP contribution in [-0.4, -0.2) is 38.3 Å². The summed E-state index contributed by atoms with van der Waals surface area (Å²) in [6, 6.07) is 33.2. The third-order valence-electron chi connectivity index (χ3n) is 14.6. The minimum absolute atomic E-state index is 0.101. The monoisotopic (exact) mass is 858 g/mol. The molecule has 4 aromatic carbocycles. The van der Waals surface area contributed by atoms with E-state index in [0.29, 0.717) is 0 Å². The smallest absolute Gasteiger partial charge is 0.440 e. The molecule has 0 radical (unpaired) electrons. The number of hydrogen-bond donors (Lipinski definition) is 0. The van der Waals surface area contributed by atoms with Crippen molar-refractivity contribution in [3.8, 4) is 0 Å². The second-order valence-electron chi connectivity index (χ2n) is 19.6. The van der Waals surface area contributed by atoms with Crippen molar-refractivity contribution in [1.29, 1.82) is 0 Å². The summed E-state index contributed by atoms with van der Waals surface area (Å²) in [4.78, 5) is 18.4. The summed E-state index contributed by atoms with van der Waals surface area (Å²) in [5.74, 6) is 1.84. The fraction of sp³-hybridized carbons (Fsp3) is 0.360. The minimum atomic E-state index is -0.255. The van der Waals surface area contributed by atoms with Crippen LogP contribution in [0.15, 0.2) is 123 Å². The molecule has 7 aliphatic rings. The lowest BCUT2D eigenvalue weighted by Gasteiger charge is -2.69. The van der Waals surface area contributed by atoms with E-state index in [4.69, 9.17) is 28.1 Å². The Morgan fingerprint density at radius 2 is 1.02 bits per heavy atom. The molecule has 302 valence electrons. The van der Waals surface area contributed by atoms with E-state index in [1.807, 2.05) is 42.6 Å². The number of aromatic nitrogens is 4. The maximum Gasteiger partial charge on any atom is 0.464 e. The van der Waals surface area contributed by atoms with Gasteiger partial charge in [-0.2, -0.15) is 0 Å². The van der Waals surface area contributed by atoms with Crippen LogP contribution < -0.4 is 0 Å². The average molecular weight is 860 g/mol. The highest BCUT2D eigenvalue weighted by atomic mass is 79.9. The molecule has 8 nitrogen and oxygen atoms in total. The Hall–Kier alpha value is -4.90. The number of aryl methyl sites for hydroxylation is 2. The number of oxazole rings is 2. The number of rotatable bonds is 4. The molecular formula is C50H48BBrN4O4. The van der Waals surface area contributed by atoms with E-state index in [0.717, 1.165) is 88.0 Å². The quantitative estimate of drug-likeness (QED) is 0.161. The van der Waals surface area contributed by atoms with Gasteiger partial charge in [0.05, 0.1) is 22.2 Å². The zero-order chi connectivity index (χ0) is 41.3. The first-order valence-electron chi connectivity index (χ1n) is 21.1. The van der Waals surface area contributed by atoms with E-state index in [2.05, 4.69) is 134 Å². The summed E-state index contributed by atoms with van der Waals surface area (Å²) in [6.07, 6.45) is 10.4. The van der Waals surface area contributed by atoms with Gasteiger partial charge >= 0.3 is 7.12 Å². The van der Waals surface area contributed by atoms with Crippen LogP contribution in [0, 0.1) is 13.8 Å². The summed E-state index contributed by atoms with van der Waals surface area (Å²) >= 11 is 3.37. The Balaban J connectivity index is 0.000000110.